The maximum absolute atomic E-state index is 14.4. The second kappa shape index (κ2) is 25.1. The monoisotopic (exact) mass is 914 g/mol. The minimum atomic E-state index is -2.43. The highest BCUT2D eigenvalue weighted by Crippen LogP contribution is 2.38. The number of hydrogen-bond donors (Lipinski definition) is 3. The lowest BCUT2D eigenvalue weighted by Crippen LogP contribution is -2.61. The first-order valence-electron chi connectivity index (χ1n) is 23.9. The number of allylic oxidation sites excluding steroid dienone is 6. The second-order valence-corrected chi connectivity index (χ2v) is 19.6. The van der Waals surface area contributed by atoms with Crippen molar-refractivity contribution in [3.05, 3.63) is 47.6 Å². The van der Waals surface area contributed by atoms with Gasteiger partial charge < -0.3 is 43.9 Å². The molecule has 3 fully saturated rings. The van der Waals surface area contributed by atoms with Crippen LogP contribution in [0.5, 0.6) is 0 Å². The first-order valence-corrected chi connectivity index (χ1v) is 23.9. The quantitative estimate of drug-likeness (QED) is 0.156. The molecule has 1 saturated carbocycles. The van der Waals surface area contributed by atoms with Crippen molar-refractivity contribution in [2.75, 3.05) is 27.9 Å². The Bertz CT molecular complexity index is 1760. The molecule has 14 nitrogen and oxygen atoms in total. The van der Waals surface area contributed by atoms with Crippen LogP contribution >= 0.6 is 0 Å². The van der Waals surface area contributed by atoms with Gasteiger partial charge in [-0.2, -0.15) is 0 Å². The van der Waals surface area contributed by atoms with Crippen molar-refractivity contribution in [3.8, 4) is 0 Å². The van der Waals surface area contributed by atoms with E-state index in [1.807, 2.05) is 58.1 Å². The fourth-order valence-corrected chi connectivity index (χ4v) is 10.1. The molecule has 2 bridgehead atoms. The lowest BCUT2D eigenvalue weighted by Gasteiger charge is -2.42. The fourth-order valence-electron chi connectivity index (χ4n) is 10.1. The summed E-state index contributed by atoms with van der Waals surface area (Å²) in [5.74, 6) is -7.96. The Morgan fingerprint density at radius 3 is 2.25 bits per heavy atom. The fraction of sp³-hybridized carbons (Fsp3) is 0.745. The van der Waals surface area contributed by atoms with Gasteiger partial charge >= 0.3 is 5.97 Å². The third kappa shape index (κ3) is 14.3. The average molecular weight is 914 g/mol. The summed E-state index contributed by atoms with van der Waals surface area (Å²) in [6.07, 6.45) is 11.2. The van der Waals surface area contributed by atoms with Crippen molar-refractivity contribution >= 4 is 29.2 Å². The van der Waals surface area contributed by atoms with Gasteiger partial charge in [0.15, 0.2) is 5.78 Å². The number of ketones is 3. The molecule has 366 valence electrons. The normalized spacial score (nSPS) is 40.4. The van der Waals surface area contributed by atoms with Crippen LogP contribution in [-0.4, -0.2) is 132 Å². The number of nitrogens with zero attached hydrogens (tertiary/aromatic N) is 1. The lowest BCUT2D eigenvalue weighted by molar-refractivity contribution is -0.265. The van der Waals surface area contributed by atoms with Crippen molar-refractivity contribution in [2.24, 2.45) is 35.5 Å². The summed E-state index contributed by atoms with van der Waals surface area (Å²) in [6, 6.07) is -1.14. The molecule has 1 aliphatic carbocycles. The summed E-state index contributed by atoms with van der Waals surface area (Å²) < 4.78 is 29.4. The van der Waals surface area contributed by atoms with Gasteiger partial charge in [0.25, 0.3) is 11.7 Å². The molecule has 4 aliphatic rings. The van der Waals surface area contributed by atoms with E-state index in [9.17, 15) is 39.3 Å². The molecule has 2 saturated heterocycles. The smallest absolute Gasteiger partial charge is 0.329 e. The van der Waals surface area contributed by atoms with Gasteiger partial charge in [-0.15, -0.1) is 0 Å². The molecule has 4 rings (SSSR count). The third-order valence-electron chi connectivity index (χ3n) is 14.5. The number of esters is 1. The van der Waals surface area contributed by atoms with E-state index in [1.165, 1.54) is 12.0 Å². The lowest BCUT2D eigenvalue weighted by atomic mass is 9.78. The van der Waals surface area contributed by atoms with Crippen molar-refractivity contribution in [3.63, 3.8) is 0 Å². The van der Waals surface area contributed by atoms with Crippen LogP contribution in [0.1, 0.15) is 126 Å². The number of ether oxygens (including phenoxy) is 5. The van der Waals surface area contributed by atoms with Gasteiger partial charge in [-0.3, -0.25) is 19.2 Å². The van der Waals surface area contributed by atoms with Crippen LogP contribution in [0.4, 0.5) is 0 Å². The number of aliphatic hydroxyl groups is 3. The van der Waals surface area contributed by atoms with Gasteiger partial charge in [0.2, 0.25) is 5.79 Å². The molecule has 0 aromatic carbocycles. The summed E-state index contributed by atoms with van der Waals surface area (Å²) in [7, 11) is 4.52. The van der Waals surface area contributed by atoms with Gasteiger partial charge in [0.05, 0.1) is 24.4 Å². The molecule has 65 heavy (non-hydrogen) atoms. The number of fused-ring (bicyclic) bond motifs is 3. The van der Waals surface area contributed by atoms with Crippen molar-refractivity contribution in [1.29, 1.82) is 0 Å². The number of rotatable bonds is 6. The molecule has 0 radical (unpaired) electrons. The Morgan fingerprint density at radius 1 is 0.846 bits per heavy atom. The summed E-state index contributed by atoms with van der Waals surface area (Å²) in [5, 5.41) is 33.8. The molecule has 3 N–H and O–H groups in total. The molecule has 0 spiro atoms. The third-order valence-corrected chi connectivity index (χ3v) is 14.5. The highest BCUT2D eigenvalue weighted by atomic mass is 16.6. The van der Waals surface area contributed by atoms with Gasteiger partial charge in [0, 0.05) is 58.5 Å². The molecule has 15 atom stereocenters. The second-order valence-electron chi connectivity index (χ2n) is 19.6. The van der Waals surface area contributed by atoms with Gasteiger partial charge in [0.1, 0.15) is 30.1 Å². The van der Waals surface area contributed by atoms with E-state index >= 15 is 0 Å². The summed E-state index contributed by atoms with van der Waals surface area (Å²) in [6.45, 7) is 12.7. The highest BCUT2D eigenvalue weighted by Gasteiger charge is 2.53. The number of Topliss-reactive ketones (excluding diaryl/α,β-unsaturated/α-hetero) is 3. The molecule has 1 amide bonds. The molecule has 6 unspecified atom stereocenters. The maximum atomic E-state index is 14.4. The number of piperidine rings is 1. The van der Waals surface area contributed by atoms with Crippen LogP contribution in [0.2, 0.25) is 0 Å². The van der Waals surface area contributed by atoms with Gasteiger partial charge in [-0.25, -0.2) is 4.79 Å². The largest absolute Gasteiger partial charge is 0.460 e. The molecule has 14 heteroatoms. The zero-order valence-electron chi connectivity index (χ0n) is 40.6. The summed E-state index contributed by atoms with van der Waals surface area (Å²) in [4.78, 5) is 71.8. The van der Waals surface area contributed by atoms with E-state index in [0.717, 1.165) is 12.0 Å². The highest BCUT2D eigenvalue weighted by molar-refractivity contribution is 6.39. The van der Waals surface area contributed by atoms with E-state index in [2.05, 4.69) is 0 Å². The van der Waals surface area contributed by atoms with Crippen LogP contribution < -0.4 is 0 Å². The van der Waals surface area contributed by atoms with Crippen LogP contribution in [-0.2, 0) is 47.7 Å². The number of hydrogen-bond acceptors (Lipinski definition) is 13. The van der Waals surface area contributed by atoms with Crippen LogP contribution in [0, 0.1) is 35.5 Å². The minimum Gasteiger partial charge on any atom is -0.460 e. The predicted molar refractivity (Wildman–Crippen MR) is 245 cm³/mol. The predicted octanol–water partition coefficient (Wildman–Crippen LogP) is 6.18. The zero-order valence-corrected chi connectivity index (χ0v) is 40.6. The van der Waals surface area contributed by atoms with E-state index in [1.54, 1.807) is 41.1 Å². The van der Waals surface area contributed by atoms with E-state index in [-0.39, 0.29) is 54.8 Å². The standard InChI is InChI=1S/C51H79NO13/c1-30-16-12-11-13-17-31(2)42(61-8)28-38-21-19-36(7)51(60,65-38)48(57)49(58)52-23-15-14-18-39(52)50(59)64-43(33(4)26-37-20-22-40(53)44(27-37)62-9)29-41(54)32(3)25-35(6)46(56)47(63-10)45(55)34(5)24-30/h11-13,16-17,25,30,32-34,36-40,42-44,46-47,53,56,60H,14-15,18-24,26-29H2,1-10H3/b13-11+,16-12+,31-17+,35-25+/t30-,32-,33-,34?,36?,37?,38+,39?,40-,42+,43+,44?,46?,47+,51-/m1/s1. The minimum absolute atomic E-state index is 0.0193. The number of carbonyl (C=O) groups is 5. The Hall–Kier alpha value is -3.37. The molecule has 3 aliphatic heterocycles. The van der Waals surface area contributed by atoms with Crippen LogP contribution in [0.15, 0.2) is 47.6 Å². The van der Waals surface area contributed by atoms with E-state index < -0.39 is 83.9 Å². The van der Waals surface area contributed by atoms with Crippen molar-refractivity contribution < 1.29 is 63.0 Å². The molecule has 0 aromatic rings. The first kappa shape index (κ1) is 54.2. The van der Waals surface area contributed by atoms with Gasteiger partial charge in [-0.1, -0.05) is 71.1 Å². The number of amides is 1. The van der Waals surface area contributed by atoms with E-state index in [0.29, 0.717) is 63.4 Å². The average Bonchev–Trinajstić information content (AvgIpc) is 3.28. The molecular formula is C51H79NO13. The Morgan fingerprint density at radius 2 is 1.57 bits per heavy atom. The zero-order chi connectivity index (χ0) is 48.2. The first-order chi connectivity index (χ1) is 30.7. The van der Waals surface area contributed by atoms with Gasteiger partial charge in [-0.05, 0) is 107 Å². The molecule has 3 heterocycles. The molecule has 0 aromatic heterocycles. The SMILES string of the molecule is COC1CC(C[C@@H](C)[C@@H]2CC(=O)[C@H](C)/C=C(\C)C(O)[C@@H](OC)C(=O)C(C)C[C@H](C)/C=C/C=C/C=C(\C)[C@@H](OC)C[C@@H]3CCC(C)[C@@](O)(O3)C(=O)C(=O)N3CCCCC3C(=O)O2)CC[C@H]1O. The summed E-state index contributed by atoms with van der Waals surface area (Å²) in [5.41, 5.74) is 1.27. The number of carbonyl (C=O) groups excluding carboxylic acids is 5. The van der Waals surface area contributed by atoms with Crippen LogP contribution in [0.25, 0.3) is 0 Å². The van der Waals surface area contributed by atoms with E-state index in [4.69, 9.17) is 23.7 Å². The number of methoxy groups -OCH3 is 3. The number of cyclic esters (lactones) is 1. The molecular weight excluding hydrogens is 835 g/mol. The Labute approximate surface area is 387 Å². The maximum Gasteiger partial charge on any atom is 0.329 e. The Kier molecular flexibility index (Phi) is 21.0. The van der Waals surface area contributed by atoms with Crippen LogP contribution in [0.3, 0.4) is 0 Å². The van der Waals surface area contributed by atoms with Crippen molar-refractivity contribution in [1.82, 2.24) is 4.90 Å². The number of aliphatic hydroxyl groups excluding tert-OH is 2. The summed E-state index contributed by atoms with van der Waals surface area (Å²) >= 11 is 0. The topological polar surface area (TPSA) is 195 Å². The van der Waals surface area contributed by atoms with Crippen molar-refractivity contribution in [2.45, 2.75) is 180 Å². The Balaban J connectivity index is 1.70.